The number of pyridine rings is 2. The fourth-order valence-electron chi connectivity index (χ4n) is 5.18. The van der Waals surface area contributed by atoms with E-state index in [0.717, 1.165) is 5.69 Å². The van der Waals surface area contributed by atoms with E-state index in [-0.39, 0.29) is 22.3 Å². The molecule has 0 aliphatic heterocycles. The van der Waals surface area contributed by atoms with Crippen LogP contribution in [0.15, 0.2) is 76.3 Å². The minimum absolute atomic E-state index is 0.123. The highest BCUT2D eigenvalue weighted by Crippen LogP contribution is 2.32. The van der Waals surface area contributed by atoms with Crippen molar-refractivity contribution < 1.29 is 14.1 Å². The van der Waals surface area contributed by atoms with Gasteiger partial charge >= 0.3 is 0 Å². The third kappa shape index (κ3) is 5.26. The molecular formula is C31H27ClN8O4. The van der Waals surface area contributed by atoms with Gasteiger partial charge in [0, 0.05) is 61.3 Å². The molecule has 0 aliphatic rings. The van der Waals surface area contributed by atoms with E-state index < -0.39 is 5.91 Å². The summed E-state index contributed by atoms with van der Waals surface area (Å²) in [5.41, 5.74) is 3.70. The van der Waals surface area contributed by atoms with Crippen LogP contribution in [0.2, 0.25) is 5.15 Å². The molecule has 2 N–H and O–H groups in total. The van der Waals surface area contributed by atoms with Gasteiger partial charge in [0.2, 0.25) is 0 Å². The standard InChI is InChI=1S/C31H27ClN8O4/c1-5-40-23(22-10-9-19(16-33-22)26-17(2)44-39(4)31(26)43)14-20-15-24(32)35-27(28(20)40)30(42)34-21-8-6-7-18(13-21)29(41)36-25-11-12-38(3)37-25/h6-16H,5H2,1-4H3,(H,34,42)(H,36,37,41). The predicted molar refractivity (Wildman–Crippen MR) is 167 cm³/mol. The highest BCUT2D eigenvalue weighted by atomic mass is 35.5. The van der Waals surface area contributed by atoms with Crippen molar-refractivity contribution in [2.24, 2.45) is 14.1 Å². The molecule has 0 unspecified atom stereocenters. The van der Waals surface area contributed by atoms with Crippen molar-refractivity contribution in [2.45, 2.75) is 20.4 Å². The van der Waals surface area contributed by atoms with Gasteiger partial charge in [0.15, 0.2) is 11.5 Å². The molecule has 1 aromatic carbocycles. The van der Waals surface area contributed by atoms with Gasteiger partial charge in [-0.2, -0.15) is 9.84 Å². The van der Waals surface area contributed by atoms with Gasteiger partial charge in [-0.25, -0.2) is 4.98 Å². The summed E-state index contributed by atoms with van der Waals surface area (Å²) in [4.78, 5) is 47.9. The van der Waals surface area contributed by atoms with Crippen LogP contribution in [0.3, 0.4) is 0 Å². The Kier molecular flexibility index (Phi) is 7.35. The molecule has 0 saturated carbocycles. The summed E-state index contributed by atoms with van der Waals surface area (Å²) < 4.78 is 10.1. The number of nitrogens with one attached hydrogen (secondary N) is 2. The summed E-state index contributed by atoms with van der Waals surface area (Å²) in [5.74, 6) is 0.0622. The SMILES string of the molecule is CCn1c(-c2ccc(-c3c(C)on(C)c3=O)cn2)cc2cc(Cl)nc(C(=O)Nc3cccc(C(=O)Nc4ccn(C)n4)c3)c21. The molecule has 12 nitrogen and oxygen atoms in total. The van der Waals surface area contributed by atoms with E-state index in [2.05, 4.69) is 25.7 Å². The molecule has 5 heterocycles. The first-order chi connectivity index (χ1) is 21.1. The zero-order valence-corrected chi connectivity index (χ0v) is 25.0. The van der Waals surface area contributed by atoms with Crippen molar-refractivity contribution in [3.63, 3.8) is 0 Å². The molecule has 0 radical (unpaired) electrons. The van der Waals surface area contributed by atoms with Crippen molar-refractivity contribution in [1.29, 1.82) is 0 Å². The summed E-state index contributed by atoms with van der Waals surface area (Å²) in [6.07, 6.45) is 3.35. The van der Waals surface area contributed by atoms with Gasteiger partial charge in [0.05, 0.1) is 22.5 Å². The Balaban J connectivity index is 1.32. The molecule has 44 heavy (non-hydrogen) atoms. The van der Waals surface area contributed by atoms with Crippen LogP contribution in [0, 0.1) is 6.92 Å². The number of nitrogens with zero attached hydrogens (tertiary/aromatic N) is 6. The number of amides is 2. The average molecular weight is 611 g/mol. The number of benzene rings is 1. The summed E-state index contributed by atoms with van der Waals surface area (Å²) in [6, 6.07) is 15.5. The van der Waals surface area contributed by atoms with Crippen LogP contribution in [0.1, 0.15) is 33.5 Å². The highest BCUT2D eigenvalue weighted by Gasteiger charge is 2.22. The predicted octanol–water partition coefficient (Wildman–Crippen LogP) is 5.28. The van der Waals surface area contributed by atoms with Crippen molar-refractivity contribution in [3.8, 4) is 22.5 Å². The van der Waals surface area contributed by atoms with E-state index in [0.29, 0.717) is 57.1 Å². The minimum Gasteiger partial charge on any atom is -0.381 e. The van der Waals surface area contributed by atoms with Crippen LogP contribution < -0.4 is 16.2 Å². The van der Waals surface area contributed by atoms with Crippen LogP contribution in [-0.2, 0) is 20.6 Å². The molecule has 0 spiro atoms. The Labute approximate surface area is 255 Å². The molecule has 5 aromatic heterocycles. The lowest BCUT2D eigenvalue weighted by Gasteiger charge is -2.12. The highest BCUT2D eigenvalue weighted by molar-refractivity contribution is 6.30. The van der Waals surface area contributed by atoms with Crippen molar-refractivity contribution in [1.82, 2.24) is 29.1 Å². The molecule has 6 rings (SSSR count). The number of aryl methyl sites for hydroxylation is 4. The second kappa shape index (κ2) is 11.3. The largest absolute Gasteiger partial charge is 0.381 e. The van der Waals surface area contributed by atoms with Crippen LogP contribution in [-0.4, -0.2) is 40.9 Å². The molecule has 2 amide bonds. The number of carbonyl (C=O) groups is 2. The molecule has 222 valence electrons. The molecule has 13 heteroatoms. The maximum absolute atomic E-state index is 13.6. The van der Waals surface area contributed by atoms with Gasteiger partial charge in [0.1, 0.15) is 10.9 Å². The number of hydrogen-bond acceptors (Lipinski definition) is 7. The lowest BCUT2D eigenvalue weighted by molar-refractivity contribution is 0.101. The van der Waals surface area contributed by atoms with E-state index >= 15 is 0 Å². The third-order valence-corrected chi connectivity index (χ3v) is 7.35. The number of anilines is 2. The van der Waals surface area contributed by atoms with Gasteiger partial charge in [-0.1, -0.05) is 23.7 Å². The van der Waals surface area contributed by atoms with Crippen molar-refractivity contribution in [3.05, 3.63) is 99.5 Å². The molecule has 0 bridgehead atoms. The second-order valence-corrected chi connectivity index (χ2v) is 10.5. The van der Waals surface area contributed by atoms with E-state index in [1.54, 1.807) is 74.5 Å². The maximum atomic E-state index is 13.6. The monoisotopic (exact) mass is 610 g/mol. The zero-order valence-electron chi connectivity index (χ0n) is 24.3. The molecule has 0 fully saturated rings. The van der Waals surface area contributed by atoms with E-state index in [4.69, 9.17) is 16.1 Å². The zero-order chi connectivity index (χ0) is 31.1. The molecular weight excluding hydrogens is 584 g/mol. The van der Waals surface area contributed by atoms with Crippen LogP contribution in [0.25, 0.3) is 33.4 Å². The summed E-state index contributed by atoms with van der Waals surface area (Å²) >= 11 is 6.37. The van der Waals surface area contributed by atoms with Gasteiger partial charge in [0.25, 0.3) is 17.4 Å². The van der Waals surface area contributed by atoms with Gasteiger partial charge < -0.3 is 19.7 Å². The van der Waals surface area contributed by atoms with Gasteiger partial charge in [-0.05, 0) is 50.2 Å². The van der Waals surface area contributed by atoms with E-state index in [1.165, 1.54) is 4.74 Å². The number of hydrogen-bond donors (Lipinski definition) is 2. The Bertz CT molecular complexity index is 2120. The van der Waals surface area contributed by atoms with Crippen LogP contribution in [0.5, 0.6) is 0 Å². The second-order valence-electron chi connectivity index (χ2n) is 10.1. The number of rotatable bonds is 7. The molecule has 0 atom stereocenters. The number of aromatic nitrogens is 6. The average Bonchev–Trinajstić information content (AvgIpc) is 3.66. The maximum Gasteiger partial charge on any atom is 0.290 e. The Morgan fingerprint density at radius 2 is 1.84 bits per heavy atom. The first-order valence-electron chi connectivity index (χ1n) is 13.7. The molecule has 6 aromatic rings. The summed E-state index contributed by atoms with van der Waals surface area (Å²) in [5, 5.41) is 10.6. The number of halogens is 1. The minimum atomic E-state index is -0.492. The Hall–Kier alpha value is -5.49. The van der Waals surface area contributed by atoms with E-state index in [1.807, 2.05) is 29.7 Å². The first-order valence-corrected chi connectivity index (χ1v) is 14.1. The third-order valence-electron chi connectivity index (χ3n) is 7.15. The van der Waals surface area contributed by atoms with Crippen molar-refractivity contribution >= 4 is 45.8 Å². The first kappa shape index (κ1) is 28.6. The van der Waals surface area contributed by atoms with Crippen molar-refractivity contribution in [2.75, 3.05) is 10.6 Å². The van der Waals surface area contributed by atoms with Gasteiger partial charge in [-0.3, -0.25) is 24.0 Å². The Morgan fingerprint density at radius 1 is 1.02 bits per heavy atom. The van der Waals surface area contributed by atoms with Crippen LogP contribution >= 0.6 is 11.6 Å². The summed E-state index contributed by atoms with van der Waals surface area (Å²) in [6.45, 7) is 4.20. The molecule has 0 aliphatic carbocycles. The molecule has 0 saturated heterocycles. The van der Waals surface area contributed by atoms with Gasteiger partial charge in [-0.15, -0.1) is 0 Å². The van der Waals surface area contributed by atoms with Crippen LogP contribution in [0.4, 0.5) is 11.5 Å². The Morgan fingerprint density at radius 3 is 2.50 bits per heavy atom. The quantitative estimate of drug-likeness (QED) is 0.234. The lowest BCUT2D eigenvalue weighted by Crippen LogP contribution is -2.17. The lowest BCUT2D eigenvalue weighted by atomic mass is 10.1. The van der Waals surface area contributed by atoms with E-state index in [9.17, 15) is 14.4 Å². The number of fused-ring (bicyclic) bond motifs is 1. The summed E-state index contributed by atoms with van der Waals surface area (Å²) in [7, 11) is 3.31. The number of carbonyl (C=O) groups excluding carboxylic acids is 2. The fraction of sp³-hybridized carbons (Fsp3) is 0.161. The topological polar surface area (TPSA) is 142 Å². The fourth-order valence-corrected chi connectivity index (χ4v) is 5.39. The smallest absolute Gasteiger partial charge is 0.290 e. The normalized spacial score (nSPS) is 11.2.